The predicted octanol–water partition coefficient (Wildman–Crippen LogP) is 4.04. The molecule has 0 amide bonds. The summed E-state index contributed by atoms with van der Waals surface area (Å²) in [6, 6.07) is 0.449. The Morgan fingerprint density at radius 3 is 2.82 bits per heavy atom. The van der Waals surface area contributed by atoms with Crippen molar-refractivity contribution in [3.63, 3.8) is 0 Å². The molecule has 2 aromatic heterocycles. The summed E-state index contributed by atoms with van der Waals surface area (Å²) in [6.45, 7) is 6.33. The van der Waals surface area contributed by atoms with Gasteiger partial charge in [0.25, 0.3) is 0 Å². The van der Waals surface area contributed by atoms with Crippen molar-refractivity contribution < 1.29 is 9.53 Å². The molecule has 1 fully saturated rings. The second kappa shape index (κ2) is 6.01. The minimum absolute atomic E-state index is 0.194. The van der Waals surface area contributed by atoms with E-state index in [-0.39, 0.29) is 11.3 Å². The van der Waals surface area contributed by atoms with Gasteiger partial charge >= 0.3 is 5.97 Å². The van der Waals surface area contributed by atoms with Gasteiger partial charge in [0.15, 0.2) is 0 Å². The quantitative estimate of drug-likeness (QED) is 0.658. The predicted molar refractivity (Wildman–Crippen MR) is 88.9 cm³/mol. The summed E-state index contributed by atoms with van der Waals surface area (Å²) in [4.78, 5) is 22.1. The van der Waals surface area contributed by atoms with Gasteiger partial charge in [-0.1, -0.05) is 13.8 Å². The van der Waals surface area contributed by atoms with Gasteiger partial charge in [0.1, 0.15) is 15.5 Å². The van der Waals surface area contributed by atoms with Gasteiger partial charge < -0.3 is 10.1 Å². The topological polar surface area (TPSA) is 64.1 Å². The van der Waals surface area contributed by atoms with Gasteiger partial charge in [0.2, 0.25) is 5.28 Å². The zero-order valence-corrected chi connectivity index (χ0v) is 14.3. The number of nitrogens with one attached hydrogen (secondary N) is 1. The van der Waals surface area contributed by atoms with Crippen LogP contribution < -0.4 is 5.32 Å². The number of hydrogen-bond donors (Lipinski definition) is 1. The number of ether oxygens (including phenoxy) is 1. The summed E-state index contributed by atoms with van der Waals surface area (Å²) in [7, 11) is 0. The van der Waals surface area contributed by atoms with E-state index in [1.807, 2.05) is 20.8 Å². The van der Waals surface area contributed by atoms with Crippen LogP contribution in [0.3, 0.4) is 0 Å². The van der Waals surface area contributed by atoms with Gasteiger partial charge in [-0.3, -0.25) is 0 Å². The molecule has 0 bridgehead atoms. The largest absolute Gasteiger partial charge is 0.461 e. The maximum Gasteiger partial charge on any atom is 0.348 e. The van der Waals surface area contributed by atoms with Crippen LogP contribution in [0.5, 0.6) is 0 Å². The molecule has 3 rings (SSSR count). The molecule has 5 nitrogen and oxygen atoms in total. The molecule has 7 heteroatoms. The minimum Gasteiger partial charge on any atom is -0.461 e. The summed E-state index contributed by atoms with van der Waals surface area (Å²) in [6.07, 6.45) is 2.27. The smallest absolute Gasteiger partial charge is 0.348 e. The van der Waals surface area contributed by atoms with Crippen molar-refractivity contribution in [1.82, 2.24) is 9.97 Å². The molecule has 0 aliphatic heterocycles. The fourth-order valence-electron chi connectivity index (χ4n) is 2.14. The average Bonchev–Trinajstić information content (AvgIpc) is 3.19. The third kappa shape index (κ3) is 3.17. The standard InChI is InChI=1S/C15H18ClN3O2S/c1-7(2)6-21-14(20)11-8(3)10-12(17-9-4-5-9)18-15(16)19-13(10)22-11/h7,9H,4-6H2,1-3H3,(H,17,18,19). The number of halogens is 1. The van der Waals surface area contributed by atoms with Crippen LogP contribution >= 0.6 is 22.9 Å². The Labute approximate surface area is 138 Å². The van der Waals surface area contributed by atoms with Crippen LogP contribution in [0.1, 0.15) is 41.9 Å². The van der Waals surface area contributed by atoms with E-state index in [1.54, 1.807) is 0 Å². The van der Waals surface area contributed by atoms with E-state index in [4.69, 9.17) is 16.3 Å². The minimum atomic E-state index is -0.303. The van der Waals surface area contributed by atoms with Crippen LogP contribution in [-0.4, -0.2) is 28.6 Å². The zero-order chi connectivity index (χ0) is 15.9. The fourth-order valence-corrected chi connectivity index (χ4v) is 3.43. The summed E-state index contributed by atoms with van der Waals surface area (Å²) < 4.78 is 5.33. The highest BCUT2D eigenvalue weighted by molar-refractivity contribution is 7.20. The van der Waals surface area contributed by atoms with E-state index in [0.29, 0.717) is 29.3 Å². The van der Waals surface area contributed by atoms with Crippen LogP contribution in [0.25, 0.3) is 10.2 Å². The summed E-state index contributed by atoms with van der Waals surface area (Å²) in [5.74, 6) is 0.719. The third-order valence-corrected chi connectivity index (χ3v) is 4.75. The number of esters is 1. The Kier molecular flexibility index (Phi) is 4.23. The lowest BCUT2D eigenvalue weighted by Gasteiger charge is -2.07. The van der Waals surface area contributed by atoms with Crippen molar-refractivity contribution in [3.05, 3.63) is 15.7 Å². The van der Waals surface area contributed by atoms with Crippen LogP contribution in [0.4, 0.5) is 5.82 Å². The molecule has 118 valence electrons. The molecule has 0 unspecified atom stereocenters. The van der Waals surface area contributed by atoms with E-state index >= 15 is 0 Å². The van der Waals surface area contributed by atoms with E-state index in [0.717, 1.165) is 28.6 Å². The fraction of sp³-hybridized carbons (Fsp3) is 0.533. The van der Waals surface area contributed by atoms with Crippen molar-refractivity contribution in [2.45, 2.75) is 39.7 Å². The Morgan fingerprint density at radius 2 is 2.18 bits per heavy atom. The summed E-state index contributed by atoms with van der Waals surface area (Å²) in [5, 5.41) is 4.43. The first-order valence-electron chi connectivity index (χ1n) is 7.36. The van der Waals surface area contributed by atoms with Crippen molar-refractivity contribution >= 4 is 44.9 Å². The van der Waals surface area contributed by atoms with Crippen LogP contribution in [0.2, 0.25) is 5.28 Å². The first kappa shape index (κ1) is 15.5. The van der Waals surface area contributed by atoms with Crippen LogP contribution in [0.15, 0.2) is 0 Å². The normalized spacial score (nSPS) is 14.6. The van der Waals surface area contributed by atoms with Crippen molar-refractivity contribution in [2.24, 2.45) is 5.92 Å². The summed E-state index contributed by atoms with van der Waals surface area (Å²) in [5.41, 5.74) is 0.855. The number of aromatic nitrogens is 2. The number of rotatable bonds is 5. The first-order valence-corrected chi connectivity index (χ1v) is 8.55. The maximum atomic E-state index is 12.3. The molecule has 1 aliphatic rings. The van der Waals surface area contributed by atoms with Crippen molar-refractivity contribution in [3.8, 4) is 0 Å². The molecule has 1 N–H and O–H groups in total. The molecule has 0 radical (unpaired) electrons. The molecular weight excluding hydrogens is 322 g/mol. The highest BCUT2D eigenvalue weighted by Gasteiger charge is 2.26. The van der Waals surface area contributed by atoms with Gasteiger partial charge in [-0.15, -0.1) is 11.3 Å². The highest BCUT2D eigenvalue weighted by atomic mass is 35.5. The van der Waals surface area contributed by atoms with Crippen molar-refractivity contribution in [2.75, 3.05) is 11.9 Å². The number of carbonyl (C=O) groups is 1. The second-order valence-corrected chi connectivity index (χ2v) is 7.33. The average molecular weight is 340 g/mol. The van der Waals surface area contributed by atoms with Gasteiger partial charge in [-0.05, 0) is 42.8 Å². The van der Waals surface area contributed by atoms with E-state index < -0.39 is 0 Å². The molecule has 0 saturated heterocycles. The third-order valence-electron chi connectivity index (χ3n) is 3.41. The zero-order valence-electron chi connectivity index (χ0n) is 12.8. The van der Waals surface area contributed by atoms with E-state index in [2.05, 4.69) is 15.3 Å². The number of anilines is 1. The number of carbonyl (C=O) groups excluding carboxylic acids is 1. The first-order chi connectivity index (χ1) is 10.5. The van der Waals surface area contributed by atoms with E-state index in [1.165, 1.54) is 11.3 Å². The SMILES string of the molecule is Cc1c(C(=O)OCC(C)C)sc2nc(Cl)nc(NC3CC3)c12. The van der Waals surface area contributed by atoms with Gasteiger partial charge in [0.05, 0.1) is 12.0 Å². The van der Waals surface area contributed by atoms with Gasteiger partial charge in [-0.25, -0.2) is 14.8 Å². The lowest BCUT2D eigenvalue weighted by molar-refractivity contribution is 0.0464. The monoisotopic (exact) mass is 339 g/mol. The number of hydrogen-bond acceptors (Lipinski definition) is 6. The number of aryl methyl sites for hydroxylation is 1. The Hall–Kier alpha value is -1.40. The number of fused-ring (bicyclic) bond motifs is 1. The molecule has 0 atom stereocenters. The molecule has 2 aromatic rings. The van der Waals surface area contributed by atoms with Crippen molar-refractivity contribution in [1.29, 1.82) is 0 Å². The lowest BCUT2D eigenvalue weighted by Crippen LogP contribution is -2.10. The Balaban J connectivity index is 1.98. The van der Waals surface area contributed by atoms with Crippen LogP contribution in [0, 0.1) is 12.8 Å². The Morgan fingerprint density at radius 1 is 1.45 bits per heavy atom. The second-order valence-electron chi connectivity index (χ2n) is 5.99. The summed E-state index contributed by atoms with van der Waals surface area (Å²) >= 11 is 7.31. The van der Waals surface area contributed by atoms with Gasteiger partial charge in [-0.2, -0.15) is 0 Å². The molecule has 0 aromatic carbocycles. The highest BCUT2D eigenvalue weighted by Crippen LogP contribution is 2.37. The molecule has 0 spiro atoms. The molecular formula is C15H18ClN3O2S. The van der Waals surface area contributed by atoms with Crippen LogP contribution in [-0.2, 0) is 4.74 Å². The maximum absolute atomic E-state index is 12.3. The molecule has 1 aliphatic carbocycles. The Bertz CT molecular complexity index is 725. The lowest BCUT2D eigenvalue weighted by atomic mass is 10.2. The number of nitrogens with zero attached hydrogens (tertiary/aromatic N) is 2. The molecule has 22 heavy (non-hydrogen) atoms. The van der Waals surface area contributed by atoms with Gasteiger partial charge in [0, 0.05) is 6.04 Å². The number of thiophene rings is 1. The molecule has 2 heterocycles. The molecule has 1 saturated carbocycles. The van der Waals surface area contributed by atoms with E-state index in [9.17, 15) is 4.79 Å².